The number of nitrogens with zero attached hydrogens (tertiary/aromatic N) is 2. The molecule has 1 aliphatic heterocycles. The average Bonchev–Trinajstić information content (AvgIpc) is 2.62. The van der Waals surface area contributed by atoms with Crippen LogP contribution in [-0.2, 0) is 20.0 Å². The van der Waals surface area contributed by atoms with Gasteiger partial charge in [0.15, 0.2) is 0 Å². The van der Waals surface area contributed by atoms with E-state index < -0.39 is 20.0 Å². The predicted molar refractivity (Wildman–Crippen MR) is 115 cm³/mol. The van der Waals surface area contributed by atoms with Crippen LogP contribution in [0.4, 0.5) is 0 Å². The van der Waals surface area contributed by atoms with Crippen molar-refractivity contribution in [2.45, 2.75) is 30.6 Å². The Morgan fingerprint density at radius 2 is 1.24 bits per heavy atom. The minimum atomic E-state index is -3.88. The van der Waals surface area contributed by atoms with Gasteiger partial charge in [0.25, 0.3) is 0 Å². The van der Waals surface area contributed by atoms with Crippen molar-refractivity contribution in [2.75, 3.05) is 26.2 Å². The van der Waals surface area contributed by atoms with Crippen LogP contribution in [0, 0.1) is 20.8 Å². The third kappa shape index (κ3) is 4.33. The van der Waals surface area contributed by atoms with Crippen LogP contribution in [0.1, 0.15) is 16.7 Å². The maximum absolute atomic E-state index is 13.2. The zero-order valence-electron chi connectivity index (χ0n) is 16.3. The summed E-state index contributed by atoms with van der Waals surface area (Å²) in [5.41, 5.74) is 2.36. The Labute approximate surface area is 182 Å². The zero-order valence-corrected chi connectivity index (χ0v) is 19.5. The molecule has 1 aliphatic rings. The minimum Gasteiger partial charge on any atom is -0.207 e. The molecule has 1 heterocycles. The van der Waals surface area contributed by atoms with E-state index in [1.165, 1.54) is 26.8 Å². The van der Waals surface area contributed by atoms with Crippen LogP contribution in [0.2, 0.25) is 10.0 Å². The standard InChI is InChI=1S/C19H22Cl2N2O4S2/c1-13-10-14(2)19(15(3)11-13)29(26,27)23-8-6-22(7-9-23)28(24,25)18-12-16(20)4-5-17(18)21/h4-5,10-12H,6-9H2,1-3H3. The molecular weight excluding hydrogens is 455 g/mol. The summed E-state index contributed by atoms with van der Waals surface area (Å²) in [6, 6.07) is 7.92. The molecule has 0 atom stereocenters. The van der Waals surface area contributed by atoms with Crippen molar-refractivity contribution in [3.63, 3.8) is 0 Å². The summed E-state index contributed by atoms with van der Waals surface area (Å²) in [6.45, 7) is 5.66. The first-order valence-electron chi connectivity index (χ1n) is 8.98. The van der Waals surface area contributed by atoms with Gasteiger partial charge >= 0.3 is 0 Å². The van der Waals surface area contributed by atoms with Crippen molar-refractivity contribution in [1.29, 1.82) is 0 Å². The predicted octanol–water partition coefficient (Wildman–Crippen LogP) is 3.61. The highest BCUT2D eigenvalue weighted by Gasteiger charge is 2.35. The van der Waals surface area contributed by atoms with E-state index in [9.17, 15) is 16.8 Å². The van der Waals surface area contributed by atoms with Gasteiger partial charge in [-0.2, -0.15) is 8.61 Å². The Hall–Kier alpha value is -1.16. The molecule has 29 heavy (non-hydrogen) atoms. The van der Waals surface area contributed by atoms with E-state index in [4.69, 9.17) is 23.2 Å². The number of aryl methyl sites for hydroxylation is 3. The summed E-state index contributed by atoms with van der Waals surface area (Å²) in [5.74, 6) is 0. The number of piperazine rings is 1. The van der Waals surface area contributed by atoms with Gasteiger partial charge in [0.05, 0.1) is 9.92 Å². The van der Waals surface area contributed by atoms with Gasteiger partial charge in [-0.05, 0) is 50.1 Å². The van der Waals surface area contributed by atoms with E-state index in [1.807, 2.05) is 19.1 Å². The highest BCUT2D eigenvalue weighted by Crippen LogP contribution is 2.30. The van der Waals surface area contributed by atoms with Crippen molar-refractivity contribution in [3.05, 3.63) is 57.1 Å². The van der Waals surface area contributed by atoms with Gasteiger partial charge in [0.1, 0.15) is 4.90 Å². The molecule has 1 saturated heterocycles. The summed E-state index contributed by atoms with van der Waals surface area (Å²) in [4.78, 5) is 0.213. The fourth-order valence-corrected chi connectivity index (χ4v) is 7.66. The van der Waals surface area contributed by atoms with E-state index in [2.05, 4.69) is 0 Å². The molecule has 10 heteroatoms. The van der Waals surface area contributed by atoms with E-state index in [-0.39, 0.29) is 46.0 Å². The second kappa shape index (κ2) is 8.17. The summed E-state index contributed by atoms with van der Waals surface area (Å²) in [7, 11) is -7.60. The smallest absolute Gasteiger partial charge is 0.207 e. The molecule has 0 radical (unpaired) electrons. The summed E-state index contributed by atoms with van der Waals surface area (Å²) in [6.07, 6.45) is 0. The molecule has 1 fully saturated rings. The Morgan fingerprint density at radius 3 is 1.76 bits per heavy atom. The lowest BCUT2D eigenvalue weighted by atomic mass is 10.1. The summed E-state index contributed by atoms with van der Waals surface area (Å²) >= 11 is 12.0. The molecule has 0 aromatic heterocycles. The van der Waals surface area contributed by atoms with Gasteiger partial charge in [-0.15, -0.1) is 0 Å². The largest absolute Gasteiger partial charge is 0.244 e. The molecule has 0 N–H and O–H groups in total. The Kier molecular flexibility index (Phi) is 6.34. The van der Waals surface area contributed by atoms with Gasteiger partial charge < -0.3 is 0 Å². The van der Waals surface area contributed by atoms with E-state index >= 15 is 0 Å². The Bertz CT molecular complexity index is 1130. The Balaban J connectivity index is 1.84. The lowest BCUT2D eigenvalue weighted by Gasteiger charge is -2.34. The fraction of sp³-hybridized carbons (Fsp3) is 0.368. The van der Waals surface area contributed by atoms with Crippen molar-refractivity contribution in [1.82, 2.24) is 8.61 Å². The summed E-state index contributed by atoms with van der Waals surface area (Å²) in [5, 5.41) is 0.342. The topological polar surface area (TPSA) is 74.8 Å². The second-order valence-corrected chi connectivity index (χ2v) is 11.7. The SMILES string of the molecule is Cc1cc(C)c(S(=O)(=O)N2CCN(S(=O)(=O)c3cc(Cl)ccc3Cl)CC2)c(C)c1. The van der Waals surface area contributed by atoms with Crippen LogP contribution in [0.3, 0.4) is 0 Å². The first kappa shape index (κ1) is 22.5. The van der Waals surface area contributed by atoms with E-state index in [1.54, 1.807) is 13.8 Å². The molecule has 2 aromatic rings. The molecule has 0 bridgehead atoms. The average molecular weight is 477 g/mol. The number of halogens is 2. The maximum Gasteiger partial charge on any atom is 0.244 e. The molecule has 0 spiro atoms. The van der Waals surface area contributed by atoms with E-state index in [0.29, 0.717) is 11.1 Å². The molecular formula is C19H22Cl2N2O4S2. The van der Waals surface area contributed by atoms with Crippen LogP contribution >= 0.6 is 23.2 Å². The van der Waals surface area contributed by atoms with Gasteiger partial charge in [-0.3, -0.25) is 0 Å². The molecule has 2 aromatic carbocycles. The van der Waals surface area contributed by atoms with Crippen LogP contribution in [-0.4, -0.2) is 51.6 Å². The van der Waals surface area contributed by atoms with E-state index in [0.717, 1.165) is 5.56 Å². The van der Waals surface area contributed by atoms with Crippen molar-refractivity contribution >= 4 is 43.2 Å². The molecule has 158 valence electrons. The van der Waals surface area contributed by atoms with Crippen molar-refractivity contribution < 1.29 is 16.8 Å². The van der Waals surface area contributed by atoms with Gasteiger partial charge in [0, 0.05) is 31.2 Å². The van der Waals surface area contributed by atoms with Gasteiger partial charge in [-0.1, -0.05) is 40.9 Å². The zero-order chi connectivity index (χ0) is 21.6. The van der Waals surface area contributed by atoms with Gasteiger partial charge in [0.2, 0.25) is 20.0 Å². The number of rotatable bonds is 4. The third-order valence-electron chi connectivity index (χ3n) is 4.91. The van der Waals surface area contributed by atoms with Crippen LogP contribution in [0.25, 0.3) is 0 Å². The van der Waals surface area contributed by atoms with Crippen LogP contribution < -0.4 is 0 Å². The molecule has 6 nitrogen and oxygen atoms in total. The number of sulfonamides is 2. The van der Waals surface area contributed by atoms with Crippen LogP contribution in [0.5, 0.6) is 0 Å². The number of benzene rings is 2. The van der Waals surface area contributed by atoms with Gasteiger partial charge in [-0.25, -0.2) is 16.8 Å². The third-order valence-corrected chi connectivity index (χ3v) is 9.73. The highest BCUT2D eigenvalue weighted by molar-refractivity contribution is 7.89. The lowest BCUT2D eigenvalue weighted by molar-refractivity contribution is 0.272. The first-order valence-corrected chi connectivity index (χ1v) is 12.6. The minimum absolute atomic E-state index is 0.0361. The molecule has 3 rings (SSSR count). The van der Waals surface area contributed by atoms with Crippen LogP contribution in [0.15, 0.2) is 40.1 Å². The number of hydrogen-bond donors (Lipinski definition) is 0. The second-order valence-electron chi connectivity index (χ2n) is 7.11. The summed E-state index contributed by atoms with van der Waals surface area (Å²) < 4.78 is 54.8. The number of hydrogen-bond acceptors (Lipinski definition) is 4. The maximum atomic E-state index is 13.2. The molecule has 0 amide bonds. The first-order chi connectivity index (χ1) is 13.4. The lowest BCUT2D eigenvalue weighted by Crippen LogP contribution is -2.50. The molecule has 0 saturated carbocycles. The van der Waals surface area contributed by atoms with Crippen molar-refractivity contribution in [2.24, 2.45) is 0 Å². The van der Waals surface area contributed by atoms with Crippen molar-refractivity contribution in [3.8, 4) is 0 Å². The normalized spacial score (nSPS) is 16.9. The monoisotopic (exact) mass is 476 g/mol. The highest BCUT2D eigenvalue weighted by atomic mass is 35.5. The Morgan fingerprint density at radius 1 is 0.759 bits per heavy atom. The molecule has 0 unspecified atom stereocenters. The quantitative estimate of drug-likeness (QED) is 0.675. The molecule has 0 aliphatic carbocycles. The fourth-order valence-electron chi connectivity index (χ4n) is 3.67.